The fourth-order valence-electron chi connectivity index (χ4n) is 1.33. The summed E-state index contributed by atoms with van der Waals surface area (Å²) in [6, 6.07) is 1.34. The first-order valence-electron chi connectivity index (χ1n) is 4.72. The Hall–Kier alpha value is -1.78. The second kappa shape index (κ2) is 3.76. The first-order chi connectivity index (χ1) is 7.20. The van der Waals surface area contributed by atoms with Crippen molar-refractivity contribution in [3.8, 4) is 11.6 Å². The summed E-state index contributed by atoms with van der Waals surface area (Å²) in [6.45, 7) is 1.92. The number of halogens is 1. The van der Waals surface area contributed by atoms with Crippen molar-refractivity contribution in [1.82, 2.24) is 19.5 Å². The Labute approximate surface area is 86.8 Å². The predicted octanol–water partition coefficient (Wildman–Crippen LogP) is 1.58. The topological polar surface area (TPSA) is 43.6 Å². The number of hydrogen-bond donors (Lipinski definition) is 0. The van der Waals surface area contributed by atoms with E-state index in [2.05, 4.69) is 15.0 Å². The van der Waals surface area contributed by atoms with E-state index in [1.165, 1.54) is 6.07 Å². The molecule has 0 saturated heterocycles. The summed E-state index contributed by atoms with van der Waals surface area (Å²) in [6.07, 6.45) is 4.08. The van der Waals surface area contributed by atoms with Gasteiger partial charge in [0.1, 0.15) is 0 Å². The van der Waals surface area contributed by atoms with Crippen LogP contribution in [0.3, 0.4) is 0 Å². The van der Waals surface area contributed by atoms with Crippen LogP contribution in [0.15, 0.2) is 18.5 Å². The summed E-state index contributed by atoms with van der Waals surface area (Å²) >= 11 is 0. The van der Waals surface area contributed by atoms with E-state index >= 15 is 0 Å². The first-order valence-corrected chi connectivity index (χ1v) is 4.72. The summed E-state index contributed by atoms with van der Waals surface area (Å²) in [7, 11) is 1.82. The monoisotopic (exact) mass is 206 g/mol. The van der Waals surface area contributed by atoms with Crippen LogP contribution in [0.2, 0.25) is 0 Å². The van der Waals surface area contributed by atoms with E-state index in [4.69, 9.17) is 0 Å². The lowest BCUT2D eigenvalue weighted by Crippen LogP contribution is -2.01. The van der Waals surface area contributed by atoms with Gasteiger partial charge in [-0.25, -0.2) is 9.97 Å². The zero-order valence-corrected chi connectivity index (χ0v) is 8.61. The second-order valence-corrected chi connectivity index (χ2v) is 3.22. The number of nitrogens with zero attached hydrogens (tertiary/aromatic N) is 4. The van der Waals surface area contributed by atoms with Crippen LogP contribution in [0.4, 0.5) is 4.39 Å². The largest absolute Gasteiger partial charge is 0.331 e. The smallest absolute Gasteiger partial charge is 0.216 e. The number of imidazole rings is 1. The van der Waals surface area contributed by atoms with Crippen molar-refractivity contribution in [3.05, 3.63) is 30.1 Å². The van der Waals surface area contributed by atoms with Crippen LogP contribution in [0.25, 0.3) is 11.6 Å². The Balaban J connectivity index is 2.53. The van der Waals surface area contributed by atoms with E-state index in [1.54, 1.807) is 17.0 Å². The number of aromatic nitrogens is 4. The molecule has 2 heterocycles. The van der Waals surface area contributed by atoms with Gasteiger partial charge in [-0.2, -0.15) is 9.37 Å². The third-order valence-electron chi connectivity index (χ3n) is 2.13. The van der Waals surface area contributed by atoms with Crippen LogP contribution < -0.4 is 0 Å². The Kier molecular flexibility index (Phi) is 2.45. The molecule has 0 aromatic carbocycles. The Morgan fingerprint density at radius 3 is 2.80 bits per heavy atom. The maximum absolute atomic E-state index is 13.2. The van der Waals surface area contributed by atoms with Crippen LogP contribution in [0.5, 0.6) is 0 Å². The quantitative estimate of drug-likeness (QED) is 0.700. The van der Waals surface area contributed by atoms with Gasteiger partial charge in [0.15, 0.2) is 11.6 Å². The second-order valence-electron chi connectivity index (χ2n) is 3.22. The van der Waals surface area contributed by atoms with Crippen LogP contribution >= 0.6 is 0 Å². The molecule has 2 rings (SSSR count). The van der Waals surface area contributed by atoms with Crippen LogP contribution in [0, 0.1) is 5.95 Å². The van der Waals surface area contributed by atoms with E-state index < -0.39 is 5.95 Å². The van der Waals surface area contributed by atoms with E-state index in [9.17, 15) is 4.39 Å². The molecule has 0 spiro atoms. The molecule has 2 aromatic heterocycles. The molecule has 5 heteroatoms. The summed E-state index contributed by atoms with van der Waals surface area (Å²) in [4.78, 5) is 12.0. The lowest BCUT2D eigenvalue weighted by atomic mass is 10.3. The van der Waals surface area contributed by atoms with Crippen LogP contribution in [-0.2, 0) is 13.5 Å². The van der Waals surface area contributed by atoms with Crippen molar-refractivity contribution in [2.75, 3.05) is 0 Å². The van der Waals surface area contributed by atoms with Gasteiger partial charge >= 0.3 is 0 Å². The molecule has 0 aliphatic heterocycles. The highest BCUT2D eigenvalue weighted by atomic mass is 19.1. The third-order valence-corrected chi connectivity index (χ3v) is 2.13. The minimum Gasteiger partial charge on any atom is -0.331 e. The fourth-order valence-corrected chi connectivity index (χ4v) is 1.33. The van der Waals surface area contributed by atoms with Crippen LogP contribution in [-0.4, -0.2) is 19.5 Å². The third kappa shape index (κ3) is 1.86. The Morgan fingerprint density at radius 2 is 2.20 bits per heavy atom. The van der Waals surface area contributed by atoms with Crippen molar-refractivity contribution >= 4 is 0 Å². The molecule has 15 heavy (non-hydrogen) atoms. The molecular weight excluding hydrogens is 195 g/mol. The van der Waals surface area contributed by atoms with E-state index in [0.29, 0.717) is 23.8 Å². The molecule has 78 valence electrons. The first kappa shape index (κ1) is 9.76. The maximum Gasteiger partial charge on any atom is 0.216 e. The minimum atomic E-state index is -0.514. The van der Waals surface area contributed by atoms with Gasteiger partial charge in [0.05, 0.1) is 0 Å². The van der Waals surface area contributed by atoms with Gasteiger partial charge in [-0.1, -0.05) is 6.92 Å². The van der Waals surface area contributed by atoms with Crippen molar-refractivity contribution in [2.45, 2.75) is 13.3 Å². The molecule has 0 bridgehead atoms. The Morgan fingerprint density at radius 1 is 1.40 bits per heavy atom. The van der Waals surface area contributed by atoms with Gasteiger partial charge in [0.25, 0.3) is 0 Å². The van der Waals surface area contributed by atoms with Gasteiger partial charge in [-0.05, 0) is 6.42 Å². The van der Waals surface area contributed by atoms with E-state index in [1.807, 2.05) is 14.0 Å². The van der Waals surface area contributed by atoms with Gasteiger partial charge < -0.3 is 4.57 Å². The molecule has 0 saturated carbocycles. The van der Waals surface area contributed by atoms with Gasteiger partial charge in [-0.3, -0.25) is 0 Å². The van der Waals surface area contributed by atoms with E-state index in [0.717, 1.165) is 0 Å². The van der Waals surface area contributed by atoms with Crippen molar-refractivity contribution in [3.63, 3.8) is 0 Å². The molecule has 0 radical (unpaired) electrons. The maximum atomic E-state index is 13.2. The molecule has 0 amide bonds. The van der Waals surface area contributed by atoms with Gasteiger partial charge in [0.2, 0.25) is 5.95 Å². The Bertz CT molecular complexity index is 478. The van der Waals surface area contributed by atoms with Crippen molar-refractivity contribution in [1.29, 1.82) is 0 Å². The normalized spacial score (nSPS) is 10.6. The average Bonchev–Trinajstić information content (AvgIpc) is 2.63. The molecule has 4 nitrogen and oxygen atoms in total. The molecule has 0 atom stereocenters. The van der Waals surface area contributed by atoms with Gasteiger partial charge in [-0.15, -0.1) is 0 Å². The van der Waals surface area contributed by atoms with Gasteiger partial charge in [0, 0.05) is 31.2 Å². The summed E-state index contributed by atoms with van der Waals surface area (Å²) in [5.74, 6) is 0.392. The highest BCUT2D eigenvalue weighted by molar-refractivity contribution is 5.43. The van der Waals surface area contributed by atoms with Crippen molar-refractivity contribution < 1.29 is 4.39 Å². The molecule has 0 N–H and O–H groups in total. The van der Waals surface area contributed by atoms with Crippen molar-refractivity contribution in [2.24, 2.45) is 7.05 Å². The summed E-state index contributed by atoms with van der Waals surface area (Å²) in [5, 5.41) is 0. The van der Waals surface area contributed by atoms with Crippen LogP contribution in [0.1, 0.15) is 12.6 Å². The average molecular weight is 206 g/mol. The zero-order valence-electron chi connectivity index (χ0n) is 8.61. The molecule has 0 aliphatic rings. The molecule has 0 unspecified atom stereocenters. The zero-order chi connectivity index (χ0) is 10.8. The lowest BCUT2D eigenvalue weighted by Gasteiger charge is -2.02. The summed E-state index contributed by atoms with van der Waals surface area (Å²) in [5.41, 5.74) is 0.681. The molecule has 0 fully saturated rings. The molecular formula is C10H11FN4. The minimum absolute atomic E-state index is 0.333. The summed E-state index contributed by atoms with van der Waals surface area (Å²) < 4.78 is 14.9. The highest BCUT2D eigenvalue weighted by Gasteiger charge is 2.09. The lowest BCUT2D eigenvalue weighted by molar-refractivity contribution is 0.576. The predicted molar refractivity (Wildman–Crippen MR) is 53.6 cm³/mol. The SMILES string of the molecule is CCc1cc(F)nc(-c2nccn2C)n1. The highest BCUT2D eigenvalue weighted by Crippen LogP contribution is 2.12. The number of hydrogen-bond acceptors (Lipinski definition) is 3. The van der Waals surface area contributed by atoms with E-state index in [-0.39, 0.29) is 0 Å². The fraction of sp³-hybridized carbons (Fsp3) is 0.300. The molecule has 0 aliphatic carbocycles. The number of aryl methyl sites for hydroxylation is 2. The standard InChI is InChI=1S/C10H11FN4/c1-3-7-6-8(11)14-9(13-7)10-12-4-5-15(10)2/h4-6H,3H2,1-2H3. The molecule has 2 aromatic rings. The number of rotatable bonds is 2.